The average molecular weight is 550 g/mol. The van der Waals surface area contributed by atoms with E-state index in [1.54, 1.807) is 30.3 Å². The third-order valence-electron chi connectivity index (χ3n) is 5.76. The minimum atomic E-state index is -0.254. The lowest BCUT2D eigenvalue weighted by atomic mass is 10.1. The Kier molecular flexibility index (Phi) is 6.40. The van der Waals surface area contributed by atoms with Crippen LogP contribution in [0.15, 0.2) is 83.1 Å². The van der Waals surface area contributed by atoms with Gasteiger partial charge in [0.25, 0.3) is 5.91 Å². The van der Waals surface area contributed by atoms with Gasteiger partial charge in [0, 0.05) is 32.7 Å². The highest BCUT2D eigenvalue weighted by molar-refractivity contribution is 9.10. The van der Waals surface area contributed by atoms with Crippen molar-refractivity contribution in [2.45, 2.75) is 13.5 Å². The van der Waals surface area contributed by atoms with Gasteiger partial charge < -0.3 is 14.6 Å². The molecule has 0 radical (unpaired) electrons. The lowest BCUT2D eigenvalue weighted by Gasteiger charge is -2.14. The van der Waals surface area contributed by atoms with Crippen molar-refractivity contribution in [1.29, 1.82) is 0 Å². The van der Waals surface area contributed by atoms with Crippen LogP contribution in [-0.4, -0.2) is 22.2 Å². The first-order chi connectivity index (χ1) is 16.9. The molecule has 1 aliphatic heterocycles. The van der Waals surface area contributed by atoms with Gasteiger partial charge in [-0.3, -0.25) is 9.69 Å². The molecule has 1 aromatic heterocycles. The summed E-state index contributed by atoms with van der Waals surface area (Å²) < 4.78 is 22.7. The van der Waals surface area contributed by atoms with Crippen LogP contribution < -0.4 is 15.0 Å². The molecule has 1 fully saturated rings. The van der Waals surface area contributed by atoms with Gasteiger partial charge in [0.15, 0.2) is 5.11 Å². The first kappa shape index (κ1) is 23.3. The van der Waals surface area contributed by atoms with Gasteiger partial charge in [0.1, 0.15) is 17.3 Å². The van der Waals surface area contributed by atoms with E-state index in [2.05, 4.69) is 21.2 Å². The Hall–Kier alpha value is -3.49. The summed E-state index contributed by atoms with van der Waals surface area (Å²) in [5.74, 6) is 0.227. The standard InChI is InChI=1S/C27H21BrFN3O2S/c1-2-34-21-10-8-20(9-11-21)32-26(33)24(30-27(32)35)13-18-16-31(15-17-5-3-4-6-23(17)29)25-12-7-19(28)14-22(18)25/h3-14,16H,2,15H2,1H3,(H,30,35)/b24-13-. The Balaban J connectivity index is 1.51. The van der Waals surface area contributed by atoms with Gasteiger partial charge in [-0.25, -0.2) is 4.39 Å². The van der Waals surface area contributed by atoms with Gasteiger partial charge in [-0.05, 0) is 73.7 Å². The lowest BCUT2D eigenvalue weighted by Crippen LogP contribution is -2.30. The number of aromatic nitrogens is 1. The highest BCUT2D eigenvalue weighted by Gasteiger charge is 2.32. The second kappa shape index (κ2) is 9.64. The van der Waals surface area contributed by atoms with Crippen LogP contribution in [0.4, 0.5) is 10.1 Å². The number of hydrogen-bond donors (Lipinski definition) is 1. The van der Waals surface area contributed by atoms with Crippen molar-refractivity contribution in [2.24, 2.45) is 0 Å². The zero-order chi connectivity index (χ0) is 24.5. The summed E-state index contributed by atoms with van der Waals surface area (Å²) in [6.45, 7) is 2.85. The van der Waals surface area contributed by atoms with E-state index in [4.69, 9.17) is 17.0 Å². The van der Waals surface area contributed by atoms with Crippen molar-refractivity contribution in [3.63, 3.8) is 0 Å². The summed E-state index contributed by atoms with van der Waals surface area (Å²) >= 11 is 9.00. The van der Waals surface area contributed by atoms with E-state index >= 15 is 0 Å². The third-order valence-corrected chi connectivity index (χ3v) is 6.53. The molecule has 5 nitrogen and oxygen atoms in total. The molecule has 0 atom stereocenters. The molecule has 3 aromatic carbocycles. The topological polar surface area (TPSA) is 46.5 Å². The molecule has 0 spiro atoms. The van der Waals surface area contributed by atoms with Crippen LogP contribution >= 0.6 is 28.1 Å². The van der Waals surface area contributed by atoms with E-state index in [0.717, 1.165) is 26.7 Å². The lowest BCUT2D eigenvalue weighted by molar-refractivity contribution is -0.113. The number of nitrogens with zero attached hydrogens (tertiary/aromatic N) is 2. The fourth-order valence-electron chi connectivity index (χ4n) is 4.14. The van der Waals surface area contributed by atoms with Crippen molar-refractivity contribution in [3.8, 4) is 5.75 Å². The predicted molar refractivity (Wildman–Crippen MR) is 144 cm³/mol. The number of amides is 1. The zero-order valence-corrected chi connectivity index (χ0v) is 21.2. The first-order valence-electron chi connectivity index (χ1n) is 11.1. The molecule has 0 unspecified atom stereocenters. The van der Waals surface area contributed by atoms with E-state index in [0.29, 0.717) is 35.2 Å². The van der Waals surface area contributed by atoms with Gasteiger partial charge in [0.05, 0.1) is 18.8 Å². The molecule has 176 valence electrons. The second-order valence-electron chi connectivity index (χ2n) is 8.02. The smallest absolute Gasteiger partial charge is 0.281 e. The minimum Gasteiger partial charge on any atom is -0.494 e. The van der Waals surface area contributed by atoms with Crippen LogP contribution in [0, 0.1) is 5.82 Å². The van der Waals surface area contributed by atoms with Gasteiger partial charge in [-0.1, -0.05) is 34.1 Å². The van der Waals surface area contributed by atoms with Gasteiger partial charge in [-0.15, -0.1) is 0 Å². The zero-order valence-electron chi connectivity index (χ0n) is 18.8. The van der Waals surface area contributed by atoms with Crippen molar-refractivity contribution in [2.75, 3.05) is 11.5 Å². The van der Waals surface area contributed by atoms with Crippen LogP contribution in [0.5, 0.6) is 5.75 Å². The number of ether oxygens (including phenoxy) is 1. The maximum absolute atomic E-state index is 14.3. The van der Waals surface area contributed by atoms with E-state index in [1.165, 1.54) is 11.0 Å². The largest absolute Gasteiger partial charge is 0.494 e. The number of anilines is 1. The van der Waals surface area contributed by atoms with E-state index in [9.17, 15) is 9.18 Å². The van der Waals surface area contributed by atoms with Crippen LogP contribution in [0.3, 0.4) is 0 Å². The maximum atomic E-state index is 14.3. The number of fused-ring (bicyclic) bond motifs is 1. The molecular weight excluding hydrogens is 529 g/mol. The fourth-order valence-corrected chi connectivity index (χ4v) is 4.80. The quantitative estimate of drug-likeness (QED) is 0.228. The monoisotopic (exact) mass is 549 g/mol. The molecule has 0 saturated carbocycles. The number of thiocarbonyl (C=S) groups is 1. The Morgan fingerprint density at radius 3 is 2.63 bits per heavy atom. The highest BCUT2D eigenvalue weighted by atomic mass is 79.9. The van der Waals surface area contributed by atoms with Crippen molar-refractivity contribution >= 4 is 61.8 Å². The molecule has 1 N–H and O–H groups in total. The summed E-state index contributed by atoms with van der Waals surface area (Å²) in [6.07, 6.45) is 3.71. The maximum Gasteiger partial charge on any atom is 0.281 e. The van der Waals surface area contributed by atoms with Gasteiger partial charge >= 0.3 is 0 Å². The van der Waals surface area contributed by atoms with E-state index in [-0.39, 0.29) is 11.7 Å². The normalized spacial score (nSPS) is 14.7. The molecule has 2 heterocycles. The number of nitrogens with one attached hydrogen (secondary N) is 1. The number of hydrogen-bond acceptors (Lipinski definition) is 3. The first-order valence-corrected chi connectivity index (χ1v) is 12.3. The van der Waals surface area contributed by atoms with E-state index < -0.39 is 0 Å². The summed E-state index contributed by atoms with van der Waals surface area (Å²) in [7, 11) is 0. The number of rotatable bonds is 6. The van der Waals surface area contributed by atoms with Crippen LogP contribution in [0.2, 0.25) is 0 Å². The summed E-state index contributed by atoms with van der Waals surface area (Å²) in [5, 5.41) is 4.29. The molecule has 8 heteroatoms. The van der Waals surface area contributed by atoms with Crippen LogP contribution in [0.25, 0.3) is 17.0 Å². The molecular formula is C27H21BrFN3O2S. The predicted octanol–water partition coefficient (Wildman–Crippen LogP) is 6.25. The van der Waals surface area contributed by atoms with Crippen molar-refractivity contribution < 1.29 is 13.9 Å². The Labute approximate surface area is 215 Å². The fraction of sp³-hybridized carbons (Fsp3) is 0.111. The Morgan fingerprint density at radius 1 is 1.11 bits per heavy atom. The number of halogens is 2. The summed E-state index contributed by atoms with van der Waals surface area (Å²) in [6, 6.07) is 19.9. The van der Waals surface area contributed by atoms with Crippen molar-refractivity contribution in [3.05, 3.63) is 100 Å². The second-order valence-corrected chi connectivity index (χ2v) is 9.32. The molecule has 1 saturated heterocycles. The third kappa shape index (κ3) is 4.59. The van der Waals surface area contributed by atoms with Crippen LogP contribution in [-0.2, 0) is 11.3 Å². The average Bonchev–Trinajstić information content (AvgIpc) is 3.32. The van der Waals surface area contributed by atoms with Gasteiger partial charge in [0.2, 0.25) is 0 Å². The number of benzene rings is 3. The van der Waals surface area contributed by atoms with Crippen LogP contribution in [0.1, 0.15) is 18.1 Å². The molecule has 0 bridgehead atoms. The molecule has 35 heavy (non-hydrogen) atoms. The summed E-state index contributed by atoms with van der Waals surface area (Å²) in [4.78, 5) is 14.8. The van der Waals surface area contributed by atoms with Crippen molar-refractivity contribution in [1.82, 2.24) is 9.88 Å². The SMILES string of the molecule is CCOc1ccc(N2C(=O)/C(=C/c3cn(Cc4ccccc4F)c4ccc(Br)cc34)NC2=S)cc1. The Morgan fingerprint density at radius 2 is 1.89 bits per heavy atom. The molecule has 1 aliphatic rings. The molecule has 4 aromatic rings. The Bertz CT molecular complexity index is 1480. The number of carbonyl (C=O) groups excluding carboxylic acids is 1. The molecule has 5 rings (SSSR count). The minimum absolute atomic E-state index is 0.246. The van der Waals surface area contributed by atoms with Gasteiger partial charge in [-0.2, -0.15) is 0 Å². The highest BCUT2D eigenvalue weighted by Crippen LogP contribution is 2.30. The summed E-state index contributed by atoms with van der Waals surface area (Å²) in [5.41, 5.74) is 3.37. The molecule has 0 aliphatic carbocycles. The van der Waals surface area contributed by atoms with E-state index in [1.807, 2.05) is 54.1 Å². The number of carbonyl (C=O) groups is 1. The molecule has 1 amide bonds.